The van der Waals surface area contributed by atoms with Gasteiger partial charge in [-0.25, -0.2) is 4.98 Å². The number of aromatic amines is 1. The average molecular weight is 250 g/mol. The summed E-state index contributed by atoms with van der Waals surface area (Å²) in [6.07, 6.45) is 8.33. The number of H-pyrrole nitrogens is 1. The summed E-state index contributed by atoms with van der Waals surface area (Å²) in [5.41, 5.74) is 0. The fourth-order valence-corrected chi connectivity index (χ4v) is 3.18. The van der Waals surface area contributed by atoms with Crippen LogP contribution in [0.15, 0.2) is 6.33 Å². The third-order valence-electron chi connectivity index (χ3n) is 3.92. The Morgan fingerprint density at radius 1 is 1.39 bits per heavy atom. The Balaban J connectivity index is 1.82. The topological polar surface area (TPSA) is 53.6 Å². The Morgan fingerprint density at radius 2 is 2.22 bits per heavy atom. The first-order chi connectivity index (χ1) is 8.65. The monoisotopic (exact) mass is 250 g/mol. The summed E-state index contributed by atoms with van der Waals surface area (Å²) in [5.74, 6) is 2.67. The van der Waals surface area contributed by atoms with E-state index >= 15 is 0 Å². The second kappa shape index (κ2) is 6.32. The number of rotatable bonds is 5. The maximum Gasteiger partial charge on any atom is 0.141 e. The van der Waals surface area contributed by atoms with E-state index in [1.165, 1.54) is 32.1 Å². The smallest absolute Gasteiger partial charge is 0.141 e. The molecule has 1 saturated carbocycles. The number of hydrogen-bond acceptors (Lipinski definition) is 3. The second-order valence-electron chi connectivity index (χ2n) is 6.12. The lowest BCUT2D eigenvalue weighted by Crippen LogP contribution is -2.36. The zero-order chi connectivity index (χ0) is 13.0. The minimum Gasteiger partial charge on any atom is -0.305 e. The van der Waals surface area contributed by atoms with Crippen LogP contribution < -0.4 is 5.32 Å². The Bertz CT molecular complexity index is 334. The molecular formula is C14H26N4. The standard InChI is InChI=1S/C14H26N4/c1-10(2)7-12-5-4-6-13(8-12)17-11(3)14-15-9-16-18-14/h9-13,17H,4-8H2,1-3H3,(H,15,16,18). The molecule has 4 heteroatoms. The van der Waals surface area contributed by atoms with Gasteiger partial charge in [0.05, 0.1) is 6.04 Å². The highest BCUT2D eigenvalue weighted by atomic mass is 15.2. The molecule has 2 N–H and O–H groups in total. The molecule has 18 heavy (non-hydrogen) atoms. The van der Waals surface area contributed by atoms with E-state index in [-0.39, 0.29) is 6.04 Å². The van der Waals surface area contributed by atoms with Crippen molar-refractivity contribution in [2.45, 2.75) is 65.0 Å². The molecule has 0 radical (unpaired) electrons. The average Bonchev–Trinajstić information content (AvgIpc) is 2.81. The molecule has 1 aliphatic carbocycles. The van der Waals surface area contributed by atoms with E-state index in [2.05, 4.69) is 41.3 Å². The van der Waals surface area contributed by atoms with E-state index in [0.29, 0.717) is 6.04 Å². The van der Waals surface area contributed by atoms with Gasteiger partial charge < -0.3 is 5.32 Å². The van der Waals surface area contributed by atoms with Gasteiger partial charge in [0.25, 0.3) is 0 Å². The van der Waals surface area contributed by atoms with Crippen LogP contribution >= 0.6 is 0 Å². The summed E-state index contributed by atoms with van der Waals surface area (Å²) >= 11 is 0. The quantitative estimate of drug-likeness (QED) is 0.844. The van der Waals surface area contributed by atoms with Crippen molar-refractivity contribution in [1.82, 2.24) is 20.5 Å². The molecule has 0 amide bonds. The molecular weight excluding hydrogens is 224 g/mol. The minimum absolute atomic E-state index is 0.273. The predicted molar refractivity (Wildman–Crippen MR) is 73.1 cm³/mol. The van der Waals surface area contributed by atoms with Crippen molar-refractivity contribution in [3.05, 3.63) is 12.2 Å². The van der Waals surface area contributed by atoms with Crippen LogP contribution in [-0.2, 0) is 0 Å². The lowest BCUT2D eigenvalue weighted by Gasteiger charge is -2.32. The summed E-state index contributed by atoms with van der Waals surface area (Å²) in [6, 6.07) is 0.915. The number of nitrogens with zero attached hydrogens (tertiary/aromatic N) is 2. The number of aromatic nitrogens is 3. The summed E-state index contributed by atoms with van der Waals surface area (Å²) < 4.78 is 0. The maximum atomic E-state index is 4.22. The first-order valence-electron chi connectivity index (χ1n) is 7.26. The van der Waals surface area contributed by atoms with Gasteiger partial charge in [-0.2, -0.15) is 5.10 Å². The summed E-state index contributed by atoms with van der Waals surface area (Å²) in [6.45, 7) is 6.81. The zero-order valence-electron chi connectivity index (χ0n) is 11.8. The van der Waals surface area contributed by atoms with Crippen molar-refractivity contribution in [2.24, 2.45) is 11.8 Å². The normalized spacial score (nSPS) is 26.4. The Hall–Kier alpha value is -0.900. The van der Waals surface area contributed by atoms with Gasteiger partial charge in [-0.15, -0.1) is 0 Å². The lowest BCUT2D eigenvalue weighted by molar-refractivity contribution is 0.241. The van der Waals surface area contributed by atoms with Crippen LogP contribution in [0.25, 0.3) is 0 Å². The molecule has 0 spiro atoms. The van der Waals surface area contributed by atoms with Crippen LogP contribution in [0, 0.1) is 11.8 Å². The first kappa shape index (κ1) is 13.5. The highest BCUT2D eigenvalue weighted by molar-refractivity contribution is 4.91. The van der Waals surface area contributed by atoms with Crippen LogP contribution in [-0.4, -0.2) is 21.2 Å². The Morgan fingerprint density at radius 3 is 2.89 bits per heavy atom. The van der Waals surface area contributed by atoms with Gasteiger partial charge in [-0.05, 0) is 38.0 Å². The highest BCUT2D eigenvalue weighted by Crippen LogP contribution is 2.30. The first-order valence-corrected chi connectivity index (χ1v) is 7.26. The SMILES string of the molecule is CC(C)CC1CCCC(NC(C)c2ncn[nH]2)C1. The van der Waals surface area contributed by atoms with Crippen molar-refractivity contribution >= 4 is 0 Å². The zero-order valence-corrected chi connectivity index (χ0v) is 11.8. The molecule has 1 heterocycles. The van der Waals surface area contributed by atoms with E-state index < -0.39 is 0 Å². The Kier molecular flexibility index (Phi) is 4.75. The van der Waals surface area contributed by atoms with Crippen LogP contribution in [0.4, 0.5) is 0 Å². The lowest BCUT2D eigenvalue weighted by atomic mass is 9.81. The second-order valence-corrected chi connectivity index (χ2v) is 6.12. The van der Waals surface area contributed by atoms with Crippen LogP contribution in [0.5, 0.6) is 0 Å². The van der Waals surface area contributed by atoms with Gasteiger partial charge in [0.2, 0.25) is 0 Å². The maximum absolute atomic E-state index is 4.22. The molecule has 0 aromatic carbocycles. The van der Waals surface area contributed by atoms with E-state index in [0.717, 1.165) is 17.7 Å². The van der Waals surface area contributed by atoms with Crippen molar-refractivity contribution in [1.29, 1.82) is 0 Å². The molecule has 0 aliphatic heterocycles. The van der Waals surface area contributed by atoms with Crippen molar-refractivity contribution < 1.29 is 0 Å². The minimum atomic E-state index is 0.273. The third kappa shape index (κ3) is 3.80. The molecule has 3 unspecified atom stereocenters. The van der Waals surface area contributed by atoms with Gasteiger partial charge in [0, 0.05) is 6.04 Å². The largest absolute Gasteiger partial charge is 0.305 e. The van der Waals surface area contributed by atoms with Crippen molar-refractivity contribution in [2.75, 3.05) is 0 Å². The Labute approximate surface area is 110 Å². The van der Waals surface area contributed by atoms with Crippen LogP contribution in [0.3, 0.4) is 0 Å². The molecule has 1 fully saturated rings. The fraction of sp³-hybridized carbons (Fsp3) is 0.857. The molecule has 102 valence electrons. The van der Waals surface area contributed by atoms with Crippen LogP contribution in [0.1, 0.15) is 64.7 Å². The predicted octanol–water partition coefficient (Wildman–Crippen LogP) is 3.06. The summed E-state index contributed by atoms with van der Waals surface area (Å²) in [4.78, 5) is 4.22. The van der Waals surface area contributed by atoms with E-state index in [4.69, 9.17) is 0 Å². The van der Waals surface area contributed by atoms with Gasteiger partial charge >= 0.3 is 0 Å². The van der Waals surface area contributed by atoms with Gasteiger partial charge in [-0.3, -0.25) is 5.10 Å². The van der Waals surface area contributed by atoms with E-state index in [1.807, 2.05) is 0 Å². The number of nitrogens with one attached hydrogen (secondary N) is 2. The summed E-state index contributed by atoms with van der Waals surface area (Å²) in [5, 5.41) is 10.6. The molecule has 2 rings (SSSR count). The highest BCUT2D eigenvalue weighted by Gasteiger charge is 2.24. The van der Waals surface area contributed by atoms with E-state index in [9.17, 15) is 0 Å². The molecule has 1 aromatic rings. The molecule has 1 aliphatic rings. The molecule has 0 saturated heterocycles. The van der Waals surface area contributed by atoms with E-state index in [1.54, 1.807) is 6.33 Å². The molecule has 3 atom stereocenters. The molecule has 1 aromatic heterocycles. The van der Waals surface area contributed by atoms with Crippen molar-refractivity contribution in [3.63, 3.8) is 0 Å². The molecule has 0 bridgehead atoms. The fourth-order valence-electron chi connectivity index (χ4n) is 3.18. The summed E-state index contributed by atoms with van der Waals surface area (Å²) in [7, 11) is 0. The van der Waals surface area contributed by atoms with Gasteiger partial charge in [-0.1, -0.05) is 26.7 Å². The van der Waals surface area contributed by atoms with Gasteiger partial charge in [0.15, 0.2) is 0 Å². The van der Waals surface area contributed by atoms with Gasteiger partial charge in [0.1, 0.15) is 12.2 Å². The van der Waals surface area contributed by atoms with Crippen molar-refractivity contribution in [3.8, 4) is 0 Å². The number of hydrogen-bond donors (Lipinski definition) is 2. The molecule has 4 nitrogen and oxygen atoms in total. The van der Waals surface area contributed by atoms with Crippen LogP contribution in [0.2, 0.25) is 0 Å². The third-order valence-corrected chi connectivity index (χ3v) is 3.92.